The van der Waals surface area contributed by atoms with Crippen LogP contribution in [0.4, 0.5) is 0 Å². The first-order valence-corrected chi connectivity index (χ1v) is 8.71. The van der Waals surface area contributed by atoms with E-state index >= 15 is 0 Å². The number of fused-ring (bicyclic) bond motifs is 1. The Morgan fingerprint density at radius 1 is 0.864 bits per heavy atom. The van der Waals surface area contributed by atoms with Crippen LogP contribution in [0.3, 0.4) is 0 Å². The molecule has 0 aliphatic heterocycles. The van der Waals surface area contributed by atoms with E-state index in [1.165, 1.54) is 59.9 Å². The average Bonchev–Trinajstić information content (AvgIpc) is 2.96. The summed E-state index contributed by atoms with van der Waals surface area (Å²) in [6.07, 6.45) is 10.5. The fourth-order valence-corrected chi connectivity index (χ4v) is 4.16. The normalized spacial score (nSPS) is 18.1. The molecule has 1 fully saturated rings. The van der Waals surface area contributed by atoms with E-state index in [2.05, 4.69) is 55.5 Å². The summed E-state index contributed by atoms with van der Waals surface area (Å²) in [5.41, 5.74) is 8.69. The van der Waals surface area contributed by atoms with Crippen LogP contribution in [0, 0.1) is 0 Å². The highest BCUT2D eigenvalue weighted by atomic mass is 14.2. The number of benzene rings is 2. The summed E-state index contributed by atoms with van der Waals surface area (Å²) in [7, 11) is 0. The van der Waals surface area contributed by atoms with Gasteiger partial charge in [0.15, 0.2) is 0 Å². The molecule has 2 aliphatic carbocycles. The zero-order valence-electron chi connectivity index (χ0n) is 13.4. The largest absolute Gasteiger partial charge is 0.0683 e. The van der Waals surface area contributed by atoms with Gasteiger partial charge in [-0.15, -0.1) is 0 Å². The molecule has 0 radical (unpaired) electrons. The third-order valence-electron chi connectivity index (χ3n) is 5.35. The molecule has 0 heteroatoms. The van der Waals surface area contributed by atoms with Gasteiger partial charge in [0.05, 0.1) is 0 Å². The van der Waals surface area contributed by atoms with Crippen LogP contribution < -0.4 is 0 Å². The van der Waals surface area contributed by atoms with Crippen LogP contribution in [0.15, 0.2) is 48.0 Å². The molecule has 2 aromatic carbocycles. The van der Waals surface area contributed by atoms with Crippen LogP contribution in [0.1, 0.15) is 61.6 Å². The Balaban J connectivity index is 1.66. The molecular weight excluding hydrogens is 264 g/mol. The third-order valence-corrected chi connectivity index (χ3v) is 5.35. The van der Waals surface area contributed by atoms with Gasteiger partial charge in [-0.2, -0.15) is 0 Å². The lowest BCUT2D eigenvalue weighted by Gasteiger charge is -2.22. The molecule has 0 atom stereocenters. The SMILES string of the molecule is CC1=Cc2c(cccc2-c2ccc(C3CCCCC3)cc2)C1. The first-order chi connectivity index (χ1) is 10.8. The van der Waals surface area contributed by atoms with Crippen molar-refractivity contribution < 1.29 is 0 Å². The smallest absolute Gasteiger partial charge is 0.00604 e. The molecule has 112 valence electrons. The van der Waals surface area contributed by atoms with Gasteiger partial charge in [-0.1, -0.05) is 73.4 Å². The highest BCUT2D eigenvalue weighted by molar-refractivity contribution is 5.80. The zero-order chi connectivity index (χ0) is 14.9. The minimum atomic E-state index is 0.798. The van der Waals surface area contributed by atoms with Crippen LogP contribution in [0.25, 0.3) is 17.2 Å². The second-order valence-electron chi connectivity index (χ2n) is 7.00. The first kappa shape index (κ1) is 13.8. The topological polar surface area (TPSA) is 0 Å². The van der Waals surface area contributed by atoms with Crippen LogP contribution in [0.5, 0.6) is 0 Å². The summed E-state index contributed by atoms with van der Waals surface area (Å²) in [5.74, 6) is 0.798. The van der Waals surface area contributed by atoms with Crippen molar-refractivity contribution in [1.82, 2.24) is 0 Å². The van der Waals surface area contributed by atoms with Crippen molar-refractivity contribution in [1.29, 1.82) is 0 Å². The molecule has 0 unspecified atom stereocenters. The summed E-state index contributed by atoms with van der Waals surface area (Å²) < 4.78 is 0. The van der Waals surface area contributed by atoms with Crippen molar-refractivity contribution in [3.63, 3.8) is 0 Å². The third kappa shape index (κ3) is 2.52. The highest BCUT2D eigenvalue weighted by Gasteiger charge is 2.17. The van der Waals surface area contributed by atoms with Gasteiger partial charge in [0.1, 0.15) is 0 Å². The predicted octanol–water partition coefficient (Wildman–Crippen LogP) is 6.36. The van der Waals surface area contributed by atoms with E-state index in [1.54, 1.807) is 5.56 Å². The molecule has 0 spiro atoms. The van der Waals surface area contributed by atoms with Crippen LogP contribution >= 0.6 is 0 Å². The second kappa shape index (κ2) is 5.76. The summed E-state index contributed by atoms with van der Waals surface area (Å²) in [4.78, 5) is 0. The van der Waals surface area contributed by atoms with Crippen molar-refractivity contribution in [2.75, 3.05) is 0 Å². The maximum atomic E-state index is 2.37. The van der Waals surface area contributed by atoms with Gasteiger partial charge in [0.2, 0.25) is 0 Å². The van der Waals surface area contributed by atoms with Gasteiger partial charge in [-0.05, 0) is 59.9 Å². The average molecular weight is 288 g/mol. The lowest BCUT2D eigenvalue weighted by atomic mass is 9.83. The van der Waals surface area contributed by atoms with Crippen LogP contribution in [0.2, 0.25) is 0 Å². The van der Waals surface area contributed by atoms with Gasteiger partial charge < -0.3 is 0 Å². The molecule has 0 amide bonds. The van der Waals surface area contributed by atoms with Crippen LogP contribution in [-0.2, 0) is 6.42 Å². The van der Waals surface area contributed by atoms with E-state index in [0.717, 1.165) is 12.3 Å². The Hall–Kier alpha value is -1.82. The van der Waals surface area contributed by atoms with E-state index in [4.69, 9.17) is 0 Å². The molecule has 0 bridgehead atoms. The van der Waals surface area contributed by atoms with Gasteiger partial charge in [0, 0.05) is 0 Å². The number of hydrogen-bond acceptors (Lipinski definition) is 0. The van der Waals surface area contributed by atoms with Gasteiger partial charge in [-0.3, -0.25) is 0 Å². The molecule has 2 aliphatic rings. The Kier molecular flexibility index (Phi) is 3.62. The Morgan fingerprint density at radius 3 is 2.41 bits per heavy atom. The standard InChI is InChI=1S/C22H24/c1-16-14-20-8-5-9-21(22(20)15-16)19-12-10-18(11-13-19)17-6-3-2-4-7-17/h5,8-13,15,17H,2-4,6-7,14H2,1H3. The summed E-state index contributed by atoms with van der Waals surface area (Å²) in [6.45, 7) is 2.23. The summed E-state index contributed by atoms with van der Waals surface area (Å²) >= 11 is 0. The molecule has 0 heterocycles. The van der Waals surface area contributed by atoms with Gasteiger partial charge >= 0.3 is 0 Å². The van der Waals surface area contributed by atoms with Crippen molar-refractivity contribution in [3.8, 4) is 11.1 Å². The number of allylic oxidation sites excluding steroid dienone is 1. The highest BCUT2D eigenvalue weighted by Crippen LogP contribution is 2.36. The molecule has 4 rings (SSSR count). The van der Waals surface area contributed by atoms with E-state index in [1.807, 2.05) is 0 Å². The molecule has 1 saturated carbocycles. The van der Waals surface area contributed by atoms with E-state index in [9.17, 15) is 0 Å². The van der Waals surface area contributed by atoms with Crippen LogP contribution in [-0.4, -0.2) is 0 Å². The summed E-state index contributed by atoms with van der Waals surface area (Å²) in [5, 5.41) is 0. The summed E-state index contributed by atoms with van der Waals surface area (Å²) in [6, 6.07) is 16.1. The van der Waals surface area contributed by atoms with Crippen molar-refractivity contribution in [3.05, 3.63) is 64.7 Å². The fraction of sp³-hybridized carbons (Fsp3) is 0.364. The molecule has 2 aromatic rings. The second-order valence-corrected chi connectivity index (χ2v) is 7.00. The molecule has 0 nitrogen and oxygen atoms in total. The number of rotatable bonds is 2. The minimum Gasteiger partial charge on any atom is -0.0683 e. The lowest BCUT2D eigenvalue weighted by Crippen LogP contribution is -2.04. The zero-order valence-corrected chi connectivity index (χ0v) is 13.4. The van der Waals surface area contributed by atoms with Crippen molar-refractivity contribution in [2.24, 2.45) is 0 Å². The first-order valence-electron chi connectivity index (χ1n) is 8.71. The number of hydrogen-bond donors (Lipinski definition) is 0. The fourth-order valence-electron chi connectivity index (χ4n) is 4.16. The molecular formula is C22H24. The molecule has 0 saturated heterocycles. The maximum Gasteiger partial charge on any atom is -0.00604 e. The van der Waals surface area contributed by atoms with Gasteiger partial charge in [-0.25, -0.2) is 0 Å². The van der Waals surface area contributed by atoms with Crippen molar-refractivity contribution in [2.45, 2.75) is 51.4 Å². The van der Waals surface area contributed by atoms with E-state index < -0.39 is 0 Å². The molecule has 0 N–H and O–H groups in total. The Morgan fingerprint density at radius 2 is 1.64 bits per heavy atom. The minimum absolute atomic E-state index is 0.798. The van der Waals surface area contributed by atoms with Crippen molar-refractivity contribution >= 4 is 6.08 Å². The lowest BCUT2D eigenvalue weighted by molar-refractivity contribution is 0.443. The Labute approximate surface area is 133 Å². The van der Waals surface area contributed by atoms with Gasteiger partial charge in [0.25, 0.3) is 0 Å². The van der Waals surface area contributed by atoms with E-state index in [-0.39, 0.29) is 0 Å². The molecule has 22 heavy (non-hydrogen) atoms. The Bertz CT molecular complexity index is 697. The predicted molar refractivity (Wildman–Crippen MR) is 95.1 cm³/mol. The maximum absolute atomic E-state index is 2.37. The monoisotopic (exact) mass is 288 g/mol. The molecule has 0 aromatic heterocycles. The quantitative estimate of drug-likeness (QED) is 0.603. The van der Waals surface area contributed by atoms with E-state index in [0.29, 0.717) is 0 Å².